The Morgan fingerprint density at radius 2 is 1.80 bits per heavy atom. The van der Waals surface area contributed by atoms with Gasteiger partial charge >= 0.3 is 6.18 Å². The topological polar surface area (TPSA) is 79.4 Å². The number of alkyl halides is 3. The zero-order chi connectivity index (χ0) is 15.9. The van der Waals surface area contributed by atoms with Crippen LogP contribution < -0.4 is 5.73 Å². The van der Waals surface area contributed by atoms with E-state index in [2.05, 4.69) is 4.98 Å². The third kappa shape index (κ3) is 2.88. The molecule has 0 aliphatic heterocycles. The molecule has 1 atom stereocenters. The van der Waals surface area contributed by atoms with Gasteiger partial charge < -0.3 is 15.9 Å². The van der Waals surface area contributed by atoms with Crippen molar-refractivity contribution in [2.75, 3.05) is 6.54 Å². The summed E-state index contributed by atoms with van der Waals surface area (Å²) in [5, 5.41) is 18.5. The number of hydrogen-bond donors (Lipinski definition) is 3. The summed E-state index contributed by atoms with van der Waals surface area (Å²) in [6.45, 7) is 1.08. The van der Waals surface area contributed by atoms with E-state index in [1.165, 1.54) is 0 Å². The molecule has 0 aromatic carbocycles. The van der Waals surface area contributed by atoms with Crippen LogP contribution in [0.3, 0.4) is 0 Å². The van der Waals surface area contributed by atoms with Crippen molar-refractivity contribution in [3.63, 3.8) is 0 Å². The number of aromatic nitrogens is 1. The van der Waals surface area contributed by atoms with E-state index in [0.717, 1.165) is 13.8 Å². The molecule has 0 amide bonds. The van der Waals surface area contributed by atoms with Gasteiger partial charge in [0.25, 0.3) is 0 Å². The smallest absolute Gasteiger partial charge is 0.386 e. The average molecular weight is 317 g/mol. The van der Waals surface area contributed by atoms with E-state index in [9.17, 15) is 27.8 Å². The summed E-state index contributed by atoms with van der Waals surface area (Å²) in [6, 6.07) is 0.599. The van der Waals surface area contributed by atoms with Crippen molar-refractivity contribution in [2.45, 2.75) is 31.2 Å². The fraction of sp³-hybridized carbons (Fsp3) is 0.545. The molecule has 1 rings (SSSR count). The summed E-state index contributed by atoms with van der Waals surface area (Å²) >= 11 is 5.42. The third-order valence-electron chi connectivity index (χ3n) is 2.76. The van der Waals surface area contributed by atoms with E-state index >= 15 is 0 Å². The van der Waals surface area contributed by atoms with E-state index in [0.29, 0.717) is 6.07 Å². The number of rotatable bonds is 3. The summed E-state index contributed by atoms with van der Waals surface area (Å²) in [6.07, 6.45) is -5.13. The zero-order valence-electron chi connectivity index (χ0n) is 10.6. The number of pyridine rings is 1. The standard InChI is InChI=1S/C11H13ClF4N2O2/c1-9(2,19)5-3-6(18-8(12)7(5)13)10(20,4-17)11(14,15)16/h3,19-20H,4,17H2,1-2H3. The van der Waals surface area contributed by atoms with E-state index in [-0.39, 0.29) is 0 Å². The molecule has 0 spiro atoms. The van der Waals surface area contributed by atoms with Crippen LogP contribution in [0, 0.1) is 5.82 Å². The fourth-order valence-corrected chi connectivity index (χ4v) is 1.71. The van der Waals surface area contributed by atoms with Crippen LogP contribution >= 0.6 is 11.6 Å². The van der Waals surface area contributed by atoms with Gasteiger partial charge in [0.1, 0.15) is 0 Å². The highest BCUT2D eigenvalue weighted by Crippen LogP contribution is 2.39. The van der Waals surface area contributed by atoms with E-state index in [1.807, 2.05) is 0 Å². The van der Waals surface area contributed by atoms with Crippen molar-refractivity contribution in [1.29, 1.82) is 0 Å². The van der Waals surface area contributed by atoms with Gasteiger partial charge in [0.2, 0.25) is 5.60 Å². The molecule has 9 heteroatoms. The average Bonchev–Trinajstić information content (AvgIpc) is 2.28. The lowest BCUT2D eigenvalue weighted by molar-refractivity contribution is -0.263. The highest BCUT2D eigenvalue weighted by molar-refractivity contribution is 6.29. The van der Waals surface area contributed by atoms with Crippen LogP contribution in [0.25, 0.3) is 0 Å². The quantitative estimate of drug-likeness (QED) is 0.587. The maximum atomic E-state index is 13.7. The molecule has 1 unspecified atom stereocenters. The first-order valence-corrected chi connectivity index (χ1v) is 5.81. The Morgan fingerprint density at radius 3 is 2.15 bits per heavy atom. The molecule has 4 N–H and O–H groups in total. The van der Waals surface area contributed by atoms with Crippen LogP contribution in [-0.2, 0) is 11.2 Å². The molecule has 1 aromatic heterocycles. The molecule has 0 aliphatic rings. The molecule has 4 nitrogen and oxygen atoms in total. The van der Waals surface area contributed by atoms with Crippen molar-refractivity contribution >= 4 is 11.6 Å². The number of nitrogens with zero attached hydrogens (tertiary/aromatic N) is 1. The molecule has 1 aromatic rings. The molecule has 0 saturated carbocycles. The second-order valence-electron chi connectivity index (χ2n) is 4.78. The van der Waals surface area contributed by atoms with Crippen LogP contribution in [-0.4, -0.2) is 27.9 Å². The third-order valence-corrected chi connectivity index (χ3v) is 3.01. The van der Waals surface area contributed by atoms with Gasteiger partial charge in [0.05, 0.1) is 11.3 Å². The first kappa shape index (κ1) is 17.1. The van der Waals surface area contributed by atoms with Gasteiger partial charge in [-0.1, -0.05) is 11.6 Å². The first-order valence-electron chi connectivity index (χ1n) is 5.43. The van der Waals surface area contributed by atoms with Gasteiger partial charge in [0, 0.05) is 12.1 Å². The predicted octanol–water partition coefficient (Wildman–Crippen LogP) is 1.81. The number of aliphatic hydroxyl groups is 2. The van der Waals surface area contributed by atoms with Crippen LogP contribution in [0.1, 0.15) is 25.1 Å². The Hall–Kier alpha value is -0.960. The van der Waals surface area contributed by atoms with Gasteiger partial charge in [-0.3, -0.25) is 0 Å². The van der Waals surface area contributed by atoms with Crippen LogP contribution in [0.2, 0.25) is 5.15 Å². The highest BCUT2D eigenvalue weighted by atomic mass is 35.5. The molecule has 0 radical (unpaired) electrons. The Bertz CT molecular complexity index is 516. The van der Waals surface area contributed by atoms with Gasteiger partial charge in [0.15, 0.2) is 11.0 Å². The number of nitrogens with two attached hydrogens (primary N) is 1. The maximum absolute atomic E-state index is 13.7. The molecule has 0 bridgehead atoms. The molecule has 0 aliphatic carbocycles. The van der Waals surface area contributed by atoms with Crippen LogP contribution in [0.15, 0.2) is 6.07 Å². The SMILES string of the molecule is CC(C)(O)c1cc(C(O)(CN)C(F)(F)F)nc(Cl)c1F. The van der Waals surface area contributed by atoms with Crippen molar-refractivity contribution < 1.29 is 27.8 Å². The molecule has 1 heterocycles. The maximum Gasteiger partial charge on any atom is 0.424 e. The minimum absolute atomic E-state index is 0.524. The second kappa shape index (κ2) is 5.10. The number of hydrogen-bond acceptors (Lipinski definition) is 4. The fourth-order valence-electron chi connectivity index (χ4n) is 1.52. The number of halogens is 5. The van der Waals surface area contributed by atoms with Gasteiger partial charge in [-0.15, -0.1) is 0 Å². The van der Waals surface area contributed by atoms with E-state index in [1.54, 1.807) is 0 Å². The minimum Gasteiger partial charge on any atom is -0.386 e. The zero-order valence-corrected chi connectivity index (χ0v) is 11.3. The van der Waals surface area contributed by atoms with Crippen molar-refractivity contribution in [1.82, 2.24) is 4.98 Å². The minimum atomic E-state index is -5.13. The summed E-state index contributed by atoms with van der Waals surface area (Å²) in [4.78, 5) is 3.19. The normalized spacial score (nSPS) is 16.1. The molecular formula is C11H13ClF4N2O2. The summed E-state index contributed by atoms with van der Waals surface area (Å²) in [7, 11) is 0. The molecular weight excluding hydrogens is 304 g/mol. The van der Waals surface area contributed by atoms with Crippen LogP contribution in [0.5, 0.6) is 0 Å². The lowest BCUT2D eigenvalue weighted by atomic mass is 9.92. The van der Waals surface area contributed by atoms with Gasteiger partial charge in [-0.25, -0.2) is 9.37 Å². The van der Waals surface area contributed by atoms with Crippen molar-refractivity contribution in [3.05, 3.63) is 28.3 Å². The van der Waals surface area contributed by atoms with Gasteiger partial charge in [-0.2, -0.15) is 13.2 Å². The Morgan fingerprint density at radius 1 is 1.30 bits per heavy atom. The highest BCUT2D eigenvalue weighted by Gasteiger charge is 2.55. The summed E-state index contributed by atoms with van der Waals surface area (Å²) < 4.78 is 52.4. The summed E-state index contributed by atoms with van der Waals surface area (Å²) in [5.74, 6) is -1.16. The lowest BCUT2D eigenvalue weighted by Gasteiger charge is -2.30. The summed E-state index contributed by atoms with van der Waals surface area (Å²) in [5.41, 5.74) is -1.83. The predicted molar refractivity (Wildman–Crippen MR) is 63.5 cm³/mol. The van der Waals surface area contributed by atoms with E-state index in [4.69, 9.17) is 17.3 Å². The van der Waals surface area contributed by atoms with Gasteiger partial charge in [-0.05, 0) is 19.9 Å². The second-order valence-corrected chi connectivity index (χ2v) is 5.14. The largest absolute Gasteiger partial charge is 0.424 e. The molecule has 20 heavy (non-hydrogen) atoms. The van der Waals surface area contributed by atoms with Crippen molar-refractivity contribution in [3.8, 4) is 0 Å². The Balaban J connectivity index is 3.60. The first-order chi connectivity index (χ1) is 8.84. The molecule has 0 fully saturated rings. The Kier molecular flexibility index (Phi) is 4.36. The Labute approximate surface area is 117 Å². The molecule has 0 saturated heterocycles. The van der Waals surface area contributed by atoms with E-state index < -0.39 is 46.2 Å². The molecule has 114 valence electrons. The lowest BCUT2D eigenvalue weighted by Crippen LogP contribution is -2.49. The van der Waals surface area contributed by atoms with Crippen LogP contribution in [0.4, 0.5) is 17.6 Å². The van der Waals surface area contributed by atoms with Crippen molar-refractivity contribution in [2.24, 2.45) is 5.73 Å². The monoisotopic (exact) mass is 316 g/mol.